The van der Waals surface area contributed by atoms with Gasteiger partial charge in [-0.3, -0.25) is 14.9 Å². The topological polar surface area (TPSA) is 71.1 Å². The van der Waals surface area contributed by atoms with Gasteiger partial charge in [-0.05, 0) is 48.6 Å². The van der Waals surface area contributed by atoms with Crippen LogP contribution >= 0.6 is 0 Å². The Morgan fingerprint density at radius 1 is 1.11 bits per heavy atom. The van der Waals surface area contributed by atoms with Gasteiger partial charge in [0.2, 0.25) is 5.91 Å². The van der Waals surface area contributed by atoms with Crippen molar-refractivity contribution < 1.29 is 23.5 Å². The average molecular weight is 498 g/mol. The van der Waals surface area contributed by atoms with Crippen LogP contribution in [-0.2, 0) is 11.2 Å². The van der Waals surface area contributed by atoms with Crippen molar-refractivity contribution in [2.24, 2.45) is 5.92 Å². The van der Waals surface area contributed by atoms with E-state index in [0.29, 0.717) is 56.3 Å². The Morgan fingerprint density at radius 2 is 1.81 bits per heavy atom. The number of carbonyl (C=O) groups excluding carboxylic acids is 2. The van der Waals surface area contributed by atoms with E-state index >= 15 is 0 Å². The van der Waals surface area contributed by atoms with Crippen LogP contribution in [0.5, 0.6) is 11.5 Å². The summed E-state index contributed by atoms with van der Waals surface area (Å²) in [6.07, 6.45) is 2.62. The largest absolute Gasteiger partial charge is 0.493 e. The smallest absolute Gasteiger partial charge is 0.256 e. The van der Waals surface area contributed by atoms with Crippen LogP contribution in [0, 0.1) is 11.7 Å². The number of ether oxygens (including phenoxy) is 2. The first kappa shape index (κ1) is 25.9. The van der Waals surface area contributed by atoms with Crippen LogP contribution in [0.2, 0.25) is 0 Å². The summed E-state index contributed by atoms with van der Waals surface area (Å²) in [6, 6.07) is 11.6. The third kappa shape index (κ3) is 5.19. The summed E-state index contributed by atoms with van der Waals surface area (Å²) in [7, 11) is 3.21. The van der Waals surface area contributed by atoms with Crippen molar-refractivity contribution in [1.82, 2.24) is 15.1 Å². The van der Waals surface area contributed by atoms with Crippen LogP contribution in [0.4, 0.5) is 4.39 Å². The fraction of sp³-hybridized carbons (Fsp3) is 0.500. The summed E-state index contributed by atoms with van der Waals surface area (Å²) in [4.78, 5) is 30.2. The highest BCUT2D eigenvalue weighted by atomic mass is 19.1. The molecule has 2 fully saturated rings. The zero-order valence-corrected chi connectivity index (χ0v) is 21.6. The Morgan fingerprint density at radius 3 is 2.44 bits per heavy atom. The molecule has 1 unspecified atom stereocenters. The SMILES string of the molecule is COc1ccc(CCN2C(=O)C(CC(C)C)NC23CCN(C(=O)c2ccccc2F)CC3)cc1OC. The van der Waals surface area contributed by atoms with Gasteiger partial charge >= 0.3 is 0 Å². The number of benzene rings is 2. The maximum Gasteiger partial charge on any atom is 0.256 e. The minimum atomic E-state index is -0.515. The molecule has 4 rings (SSSR count). The lowest BCUT2D eigenvalue weighted by Crippen LogP contribution is -2.60. The molecule has 36 heavy (non-hydrogen) atoms. The fourth-order valence-electron chi connectivity index (χ4n) is 5.39. The highest BCUT2D eigenvalue weighted by Gasteiger charge is 2.51. The molecular weight excluding hydrogens is 461 g/mol. The lowest BCUT2D eigenvalue weighted by atomic mass is 9.94. The number of likely N-dealkylation sites (tertiary alicyclic amines) is 1. The van der Waals surface area contributed by atoms with Crippen molar-refractivity contribution >= 4 is 11.8 Å². The van der Waals surface area contributed by atoms with Crippen molar-refractivity contribution in [2.75, 3.05) is 33.9 Å². The van der Waals surface area contributed by atoms with Gasteiger partial charge in [0.25, 0.3) is 5.91 Å². The zero-order valence-electron chi connectivity index (χ0n) is 21.6. The third-order valence-corrected chi connectivity index (χ3v) is 7.28. The van der Waals surface area contributed by atoms with E-state index in [9.17, 15) is 14.0 Å². The van der Waals surface area contributed by atoms with Crippen LogP contribution in [-0.4, -0.2) is 67.2 Å². The second kappa shape index (κ2) is 10.9. The minimum Gasteiger partial charge on any atom is -0.493 e. The molecule has 2 aliphatic rings. The Hall–Kier alpha value is -3.13. The third-order valence-electron chi connectivity index (χ3n) is 7.28. The summed E-state index contributed by atoms with van der Waals surface area (Å²) in [5.41, 5.74) is 0.626. The van der Waals surface area contributed by atoms with Crippen molar-refractivity contribution in [3.63, 3.8) is 0 Å². The molecule has 1 spiro atoms. The first-order valence-corrected chi connectivity index (χ1v) is 12.6. The lowest BCUT2D eigenvalue weighted by molar-refractivity contribution is -0.133. The summed E-state index contributed by atoms with van der Waals surface area (Å²) in [5, 5.41) is 3.64. The van der Waals surface area contributed by atoms with E-state index in [2.05, 4.69) is 19.2 Å². The molecule has 0 saturated carbocycles. The van der Waals surface area contributed by atoms with Crippen molar-refractivity contribution in [2.45, 2.75) is 51.2 Å². The Bertz CT molecular complexity index is 1100. The van der Waals surface area contributed by atoms with Crippen LogP contribution in [0.1, 0.15) is 49.0 Å². The van der Waals surface area contributed by atoms with Crippen LogP contribution in [0.3, 0.4) is 0 Å². The maximum atomic E-state index is 14.2. The van der Waals surface area contributed by atoms with Gasteiger partial charge in [-0.1, -0.05) is 32.0 Å². The first-order chi connectivity index (χ1) is 17.3. The molecule has 2 heterocycles. The monoisotopic (exact) mass is 497 g/mol. The first-order valence-electron chi connectivity index (χ1n) is 12.6. The summed E-state index contributed by atoms with van der Waals surface area (Å²) in [5.74, 6) is 0.997. The van der Waals surface area contributed by atoms with E-state index in [1.165, 1.54) is 12.1 Å². The molecule has 2 aromatic rings. The van der Waals surface area contributed by atoms with Gasteiger partial charge in [-0.25, -0.2) is 4.39 Å². The quantitative estimate of drug-likeness (QED) is 0.600. The van der Waals surface area contributed by atoms with Gasteiger partial charge in [0.05, 0.1) is 31.5 Å². The molecule has 0 aliphatic carbocycles. The molecule has 0 aromatic heterocycles. The molecule has 2 amide bonds. The maximum absolute atomic E-state index is 14.2. The molecule has 194 valence electrons. The number of carbonyl (C=O) groups is 2. The predicted octanol–water partition coefficient (Wildman–Crippen LogP) is 3.86. The number of halogens is 1. The highest BCUT2D eigenvalue weighted by Crippen LogP contribution is 2.35. The number of methoxy groups -OCH3 is 2. The van der Waals surface area contributed by atoms with E-state index in [1.807, 2.05) is 23.1 Å². The van der Waals surface area contributed by atoms with Crippen molar-refractivity contribution in [1.29, 1.82) is 0 Å². The molecule has 1 N–H and O–H groups in total. The number of amides is 2. The lowest BCUT2D eigenvalue weighted by Gasteiger charge is -2.44. The number of hydrogen-bond acceptors (Lipinski definition) is 5. The Balaban J connectivity index is 1.50. The van der Waals surface area contributed by atoms with Gasteiger partial charge in [0, 0.05) is 32.5 Å². The summed E-state index contributed by atoms with van der Waals surface area (Å²) < 4.78 is 25.0. The van der Waals surface area contributed by atoms with E-state index in [0.717, 1.165) is 12.0 Å². The second-order valence-corrected chi connectivity index (χ2v) is 10.1. The zero-order chi connectivity index (χ0) is 25.9. The fourth-order valence-corrected chi connectivity index (χ4v) is 5.39. The molecule has 7 nitrogen and oxygen atoms in total. The van der Waals surface area contributed by atoms with Crippen LogP contribution < -0.4 is 14.8 Å². The van der Waals surface area contributed by atoms with E-state index in [4.69, 9.17) is 9.47 Å². The van der Waals surface area contributed by atoms with Gasteiger partial charge in [-0.2, -0.15) is 0 Å². The van der Waals surface area contributed by atoms with Gasteiger partial charge < -0.3 is 19.3 Å². The van der Waals surface area contributed by atoms with E-state index < -0.39 is 11.5 Å². The normalized spacial score (nSPS) is 19.3. The van der Waals surface area contributed by atoms with E-state index in [-0.39, 0.29) is 23.4 Å². The molecule has 8 heteroatoms. The standard InChI is InChI=1S/C28H36FN3O4/c1-19(2)17-23-27(34)32(14-11-20-9-10-24(35-3)25(18-20)36-4)28(30-23)12-15-31(16-13-28)26(33)21-7-5-6-8-22(21)29/h5-10,18-19,23,30H,11-17H2,1-4H3. The van der Waals surface area contributed by atoms with Crippen LogP contribution in [0.15, 0.2) is 42.5 Å². The number of piperidine rings is 1. The molecule has 0 bridgehead atoms. The highest BCUT2D eigenvalue weighted by molar-refractivity contribution is 5.94. The van der Waals surface area contributed by atoms with E-state index in [1.54, 1.807) is 31.3 Å². The predicted molar refractivity (Wildman–Crippen MR) is 136 cm³/mol. The number of rotatable bonds is 8. The van der Waals surface area contributed by atoms with Gasteiger partial charge in [0.1, 0.15) is 5.82 Å². The molecule has 1 atom stereocenters. The van der Waals surface area contributed by atoms with Gasteiger partial charge in [-0.15, -0.1) is 0 Å². The average Bonchev–Trinajstić information content (AvgIpc) is 3.11. The van der Waals surface area contributed by atoms with Crippen LogP contribution in [0.25, 0.3) is 0 Å². The number of nitrogens with zero attached hydrogens (tertiary/aromatic N) is 2. The summed E-state index contributed by atoms with van der Waals surface area (Å²) in [6.45, 7) is 5.69. The second-order valence-electron chi connectivity index (χ2n) is 10.1. The molecule has 2 aliphatic heterocycles. The van der Waals surface area contributed by atoms with Crippen molar-refractivity contribution in [3.05, 3.63) is 59.4 Å². The molecule has 2 saturated heterocycles. The van der Waals surface area contributed by atoms with Crippen molar-refractivity contribution in [3.8, 4) is 11.5 Å². The molecular formula is C28H36FN3O4. The summed E-state index contributed by atoms with van der Waals surface area (Å²) >= 11 is 0. The number of hydrogen-bond donors (Lipinski definition) is 1. The molecule has 2 aromatic carbocycles. The Kier molecular flexibility index (Phi) is 7.83. The molecule has 0 radical (unpaired) electrons. The van der Waals surface area contributed by atoms with Gasteiger partial charge in [0.15, 0.2) is 11.5 Å². The minimum absolute atomic E-state index is 0.0897. The Labute approximate surface area is 212 Å². The number of nitrogens with one attached hydrogen (secondary N) is 1.